The van der Waals surface area contributed by atoms with E-state index in [0.29, 0.717) is 10.8 Å². The number of piperazine rings is 1. The topological polar surface area (TPSA) is 44.3 Å². The molecule has 30 heavy (non-hydrogen) atoms. The van der Waals surface area contributed by atoms with Gasteiger partial charge in [-0.3, -0.25) is 0 Å². The summed E-state index contributed by atoms with van der Waals surface area (Å²) in [6.07, 6.45) is 8.12. The normalized spacial score (nSPS) is 38.4. The summed E-state index contributed by atoms with van der Waals surface area (Å²) in [5, 5.41) is 5.25. The third-order valence-electron chi connectivity index (χ3n) is 8.39. The van der Waals surface area contributed by atoms with Gasteiger partial charge in [-0.15, -0.1) is 0 Å². The summed E-state index contributed by atoms with van der Waals surface area (Å²) < 4.78 is 0. The van der Waals surface area contributed by atoms with Crippen molar-refractivity contribution in [3.05, 3.63) is 24.3 Å². The molecule has 0 amide bonds. The molecule has 160 valence electrons. The van der Waals surface area contributed by atoms with Crippen LogP contribution in [0.4, 0.5) is 11.8 Å². The molecule has 4 saturated carbocycles. The Hall–Kier alpha value is -1.88. The fraction of sp³-hybridized carbons (Fsp3) is 0.680. The number of likely N-dealkylation sites (N-methyl/N-ethyl adjacent to an activating group) is 1. The zero-order chi connectivity index (χ0) is 20.6. The van der Waals surface area contributed by atoms with Gasteiger partial charge in [-0.1, -0.05) is 26.0 Å². The third kappa shape index (κ3) is 3.08. The van der Waals surface area contributed by atoms with Crippen LogP contribution in [0.5, 0.6) is 0 Å². The summed E-state index contributed by atoms with van der Waals surface area (Å²) in [6, 6.07) is 8.55. The van der Waals surface area contributed by atoms with Crippen molar-refractivity contribution in [2.45, 2.75) is 57.9 Å². The van der Waals surface area contributed by atoms with Gasteiger partial charge in [-0.2, -0.15) is 4.98 Å². The van der Waals surface area contributed by atoms with Crippen molar-refractivity contribution in [3.8, 4) is 0 Å². The molecule has 4 aliphatic carbocycles. The van der Waals surface area contributed by atoms with E-state index in [-0.39, 0.29) is 5.54 Å². The van der Waals surface area contributed by atoms with E-state index in [2.05, 4.69) is 60.3 Å². The summed E-state index contributed by atoms with van der Waals surface area (Å²) in [5.74, 6) is 2.82. The van der Waals surface area contributed by atoms with Crippen LogP contribution in [0.2, 0.25) is 0 Å². The molecule has 1 N–H and O–H groups in total. The fourth-order valence-corrected chi connectivity index (χ4v) is 8.15. The SMILES string of the molecule is CN1CCN(c2nc(NC34CC5C[C@@](C)(C3)C[C@@](C)(C5)C4)c3ccccc3n2)CC1. The van der Waals surface area contributed by atoms with Gasteiger partial charge in [-0.25, -0.2) is 4.98 Å². The molecule has 1 aliphatic heterocycles. The molecule has 2 aromatic rings. The van der Waals surface area contributed by atoms with E-state index in [4.69, 9.17) is 9.97 Å². The van der Waals surface area contributed by atoms with E-state index in [1.165, 1.54) is 43.9 Å². The first-order chi connectivity index (χ1) is 14.3. The first kappa shape index (κ1) is 18.9. The highest BCUT2D eigenvalue weighted by molar-refractivity contribution is 5.90. The van der Waals surface area contributed by atoms with Gasteiger partial charge in [0.25, 0.3) is 0 Å². The van der Waals surface area contributed by atoms with Crippen molar-refractivity contribution in [2.75, 3.05) is 43.4 Å². The number of aromatic nitrogens is 2. The van der Waals surface area contributed by atoms with E-state index in [1.54, 1.807) is 0 Å². The van der Waals surface area contributed by atoms with Gasteiger partial charge in [0.15, 0.2) is 0 Å². The predicted molar refractivity (Wildman–Crippen MR) is 123 cm³/mol. The number of rotatable bonds is 3. The van der Waals surface area contributed by atoms with Crippen LogP contribution in [0.15, 0.2) is 24.3 Å². The molecule has 5 fully saturated rings. The van der Waals surface area contributed by atoms with Crippen LogP contribution < -0.4 is 10.2 Å². The zero-order valence-electron chi connectivity index (χ0n) is 18.7. The maximum atomic E-state index is 5.16. The number of nitrogens with zero attached hydrogens (tertiary/aromatic N) is 4. The number of nitrogens with one attached hydrogen (secondary N) is 1. The van der Waals surface area contributed by atoms with Crippen molar-refractivity contribution in [3.63, 3.8) is 0 Å². The molecule has 1 aromatic carbocycles. The lowest BCUT2D eigenvalue weighted by molar-refractivity contribution is -0.0973. The fourth-order valence-electron chi connectivity index (χ4n) is 8.15. The lowest BCUT2D eigenvalue weighted by atomic mass is 9.43. The molecular formula is C25H35N5. The molecule has 0 unspecified atom stereocenters. The molecule has 5 nitrogen and oxygen atoms in total. The Labute approximate surface area is 180 Å². The molecule has 2 atom stereocenters. The number of para-hydroxylation sites is 1. The predicted octanol–water partition coefficient (Wildman–Crippen LogP) is 4.54. The zero-order valence-corrected chi connectivity index (χ0v) is 18.7. The summed E-state index contributed by atoms with van der Waals surface area (Å²) in [6.45, 7) is 9.22. The van der Waals surface area contributed by atoms with Crippen LogP contribution >= 0.6 is 0 Å². The maximum Gasteiger partial charge on any atom is 0.227 e. The standard InChI is InChI=1S/C25H35N5/c1-23-12-18-13-24(2,15-23)17-25(14-18,16-23)28-21-19-6-4-5-7-20(19)26-22(27-21)30-10-8-29(3)9-11-30/h4-7,18H,8-17H2,1-3H3,(H,26,27,28)/t18?,23-,24-,25?/m1/s1. The lowest BCUT2D eigenvalue weighted by Crippen LogP contribution is -2.61. The molecule has 5 aliphatic rings. The van der Waals surface area contributed by atoms with Crippen molar-refractivity contribution in [1.29, 1.82) is 0 Å². The molecule has 7 rings (SSSR count). The molecule has 1 aromatic heterocycles. The lowest BCUT2D eigenvalue weighted by Gasteiger charge is -2.65. The number of anilines is 2. The Morgan fingerprint density at radius 1 is 0.900 bits per heavy atom. The Kier molecular flexibility index (Phi) is 3.97. The summed E-state index contributed by atoms with van der Waals surface area (Å²) in [7, 11) is 2.19. The second kappa shape index (κ2) is 6.32. The maximum absolute atomic E-state index is 5.16. The molecule has 0 radical (unpaired) electrons. The van der Waals surface area contributed by atoms with Crippen LogP contribution in [0.1, 0.15) is 52.4 Å². The highest BCUT2D eigenvalue weighted by Crippen LogP contribution is 2.66. The van der Waals surface area contributed by atoms with Crippen LogP contribution in [0.25, 0.3) is 10.9 Å². The van der Waals surface area contributed by atoms with Crippen molar-refractivity contribution in [1.82, 2.24) is 14.9 Å². The first-order valence-electron chi connectivity index (χ1n) is 11.8. The minimum absolute atomic E-state index is 0.194. The largest absolute Gasteiger partial charge is 0.364 e. The van der Waals surface area contributed by atoms with E-state index in [0.717, 1.165) is 49.4 Å². The van der Waals surface area contributed by atoms with Crippen molar-refractivity contribution in [2.24, 2.45) is 16.7 Å². The monoisotopic (exact) mass is 405 g/mol. The Morgan fingerprint density at radius 2 is 1.60 bits per heavy atom. The molecular weight excluding hydrogens is 370 g/mol. The van der Waals surface area contributed by atoms with Crippen molar-refractivity contribution >= 4 is 22.7 Å². The van der Waals surface area contributed by atoms with Gasteiger partial charge < -0.3 is 15.1 Å². The molecule has 5 heteroatoms. The summed E-state index contributed by atoms with van der Waals surface area (Å²) in [5.41, 5.74) is 2.24. The minimum atomic E-state index is 0.194. The van der Waals surface area contributed by atoms with Crippen LogP contribution in [0, 0.1) is 16.7 Å². The molecule has 2 heterocycles. The summed E-state index contributed by atoms with van der Waals surface area (Å²) in [4.78, 5) is 14.9. The Morgan fingerprint density at radius 3 is 2.30 bits per heavy atom. The van der Waals surface area contributed by atoms with Crippen LogP contribution in [0.3, 0.4) is 0 Å². The highest BCUT2D eigenvalue weighted by atomic mass is 15.3. The smallest absolute Gasteiger partial charge is 0.227 e. The average Bonchev–Trinajstić information content (AvgIpc) is 2.65. The number of hydrogen-bond acceptors (Lipinski definition) is 5. The van der Waals surface area contributed by atoms with Gasteiger partial charge in [0.2, 0.25) is 5.95 Å². The van der Waals surface area contributed by atoms with Gasteiger partial charge in [0.05, 0.1) is 5.52 Å². The second-order valence-corrected chi connectivity index (χ2v) is 11.7. The first-order valence-corrected chi connectivity index (χ1v) is 11.8. The second-order valence-electron chi connectivity index (χ2n) is 11.7. The Bertz CT molecular complexity index is 961. The Balaban J connectivity index is 1.39. The van der Waals surface area contributed by atoms with Gasteiger partial charge >= 0.3 is 0 Å². The number of hydrogen-bond donors (Lipinski definition) is 1. The quantitative estimate of drug-likeness (QED) is 0.812. The molecule has 4 bridgehead atoms. The highest BCUT2D eigenvalue weighted by Gasteiger charge is 2.60. The van der Waals surface area contributed by atoms with Gasteiger partial charge in [0.1, 0.15) is 5.82 Å². The van der Waals surface area contributed by atoms with Gasteiger partial charge in [0, 0.05) is 37.1 Å². The number of benzene rings is 1. The van der Waals surface area contributed by atoms with E-state index >= 15 is 0 Å². The minimum Gasteiger partial charge on any atom is -0.364 e. The third-order valence-corrected chi connectivity index (χ3v) is 8.39. The molecule has 0 spiro atoms. The van der Waals surface area contributed by atoms with E-state index in [1.807, 2.05) is 0 Å². The number of fused-ring (bicyclic) bond motifs is 1. The van der Waals surface area contributed by atoms with E-state index in [9.17, 15) is 0 Å². The van der Waals surface area contributed by atoms with Crippen LogP contribution in [-0.2, 0) is 0 Å². The summed E-state index contributed by atoms with van der Waals surface area (Å²) >= 11 is 0. The van der Waals surface area contributed by atoms with Gasteiger partial charge in [-0.05, 0) is 74.5 Å². The van der Waals surface area contributed by atoms with E-state index < -0.39 is 0 Å². The average molecular weight is 406 g/mol. The molecule has 1 saturated heterocycles. The van der Waals surface area contributed by atoms with Crippen molar-refractivity contribution < 1.29 is 0 Å². The van der Waals surface area contributed by atoms with Crippen LogP contribution in [-0.4, -0.2) is 53.6 Å².